The molecule has 92 valence electrons. The van der Waals surface area contributed by atoms with Gasteiger partial charge in [0, 0.05) is 33.3 Å². The third-order valence-corrected chi connectivity index (χ3v) is 3.47. The Labute approximate surface area is 92.0 Å². The summed E-state index contributed by atoms with van der Waals surface area (Å²) in [7, 11) is -0.333. The minimum atomic E-state index is -3.38. The first kappa shape index (κ1) is 14.8. The van der Waals surface area contributed by atoms with Crippen LogP contribution in [0.25, 0.3) is 0 Å². The molecule has 0 aromatic carbocycles. The van der Waals surface area contributed by atoms with Crippen molar-refractivity contribution in [1.82, 2.24) is 9.03 Å². The number of methoxy groups -OCH3 is 1. The summed E-state index contributed by atoms with van der Waals surface area (Å²) in [6.07, 6.45) is 0.641. The fourth-order valence-corrected chi connectivity index (χ4v) is 1.80. The molecule has 0 heterocycles. The molecule has 7 heteroatoms. The lowest BCUT2D eigenvalue weighted by Gasteiger charge is -2.18. The van der Waals surface area contributed by atoms with Crippen LogP contribution in [-0.4, -0.2) is 52.6 Å². The molecule has 0 aliphatic carbocycles. The molecule has 0 saturated heterocycles. The zero-order valence-electron chi connectivity index (χ0n) is 9.56. The Bertz CT molecular complexity index is 254. The molecular formula is C8H21N3O3S. The molecule has 1 unspecified atom stereocenters. The van der Waals surface area contributed by atoms with Gasteiger partial charge in [0.25, 0.3) is 10.2 Å². The van der Waals surface area contributed by atoms with E-state index in [-0.39, 0.29) is 12.6 Å². The third kappa shape index (κ3) is 6.80. The van der Waals surface area contributed by atoms with Gasteiger partial charge in [-0.2, -0.15) is 17.4 Å². The molecule has 0 bridgehead atoms. The number of nitrogens with one attached hydrogen (secondary N) is 1. The highest BCUT2D eigenvalue weighted by molar-refractivity contribution is 7.87. The van der Waals surface area contributed by atoms with Crippen LogP contribution < -0.4 is 10.5 Å². The van der Waals surface area contributed by atoms with E-state index >= 15 is 0 Å². The normalized spacial score (nSPS) is 14.5. The van der Waals surface area contributed by atoms with Crippen molar-refractivity contribution in [3.05, 3.63) is 0 Å². The zero-order chi connectivity index (χ0) is 11.9. The Morgan fingerprint density at radius 1 is 1.53 bits per heavy atom. The summed E-state index contributed by atoms with van der Waals surface area (Å²) < 4.78 is 31.5. The fraction of sp³-hybridized carbons (Fsp3) is 1.00. The highest BCUT2D eigenvalue weighted by Gasteiger charge is 2.16. The maximum atomic E-state index is 11.5. The van der Waals surface area contributed by atoms with Crippen LogP contribution in [0.15, 0.2) is 0 Å². The summed E-state index contributed by atoms with van der Waals surface area (Å²) in [5, 5.41) is 0. The second kappa shape index (κ2) is 7.13. The number of ether oxygens (including phenoxy) is 1. The van der Waals surface area contributed by atoms with Gasteiger partial charge < -0.3 is 10.5 Å². The molecule has 0 radical (unpaired) electrons. The lowest BCUT2D eigenvalue weighted by molar-refractivity contribution is 0.204. The second-order valence-electron chi connectivity index (χ2n) is 3.48. The van der Waals surface area contributed by atoms with E-state index in [0.29, 0.717) is 19.6 Å². The maximum absolute atomic E-state index is 11.5. The first-order valence-corrected chi connectivity index (χ1v) is 6.29. The van der Waals surface area contributed by atoms with Gasteiger partial charge >= 0.3 is 0 Å². The van der Waals surface area contributed by atoms with Crippen LogP contribution in [0.1, 0.15) is 13.3 Å². The molecule has 0 rings (SSSR count). The average molecular weight is 239 g/mol. The first-order valence-electron chi connectivity index (χ1n) is 4.85. The number of nitrogens with two attached hydrogens (primary N) is 1. The van der Waals surface area contributed by atoms with Gasteiger partial charge in [0.1, 0.15) is 0 Å². The van der Waals surface area contributed by atoms with Crippen LogP contribution >= 0.6 is 0 Å². The van der Waals surface area contributed by atoms with E-state index in [9.17, 15) is 8.42 Å². The third-order valence-electron chi connectivity index (χ3n) is 1.90. The van der Waals surface area contributed by atoms with E-state index in [1.807, 2.05) is 6.92 Å². The largest absolute Gasteiger partial charge is 0.383 e. The summed E-state index contributed by atoms with van der Waals surface area (Å²) in [5.41, 5.74) is 5.54. The number of hydrogen-bond acceptors (Lipinski definition) is 4. The van der Waals surface area contributed by atoms with Gasteiger partial charge in [-0.1, -0.05) is 0 Å². The van der Waals surface area contributed by atoms with Gasteiger partial charge in [0.15, 0.2) is 0 Å². The summed E-state index contributed by atoms with van der Waals surface area (Å²) in [4.78, 5) is 0. The quantitative estimate of drug-likeness (QED) is 0.540. The highest BCUT2D eigenvalue weighted by Crippen LogP contribution is 1.97. The summed E-state index contributed by atoms with van der Waals surface area (Å²) in [5.74, 6) is 0. The molecule has 0 fully saturated rings. The molecule has 0 aromatic heterocycles. The van der Waals surface area contributed by atoms with Crippen molar-refractivity contribution in [2.75, 3.05) is 33.9 Å². The van der Waals surface area contributed by atoms with Gasteiger partial charge in [0.2, 0.25) is 0 Å². The van der Waals surface area contributed by atoms with Crippen LogP contribution in [0.5, 0.6) is 0 Å². The Kier molecular flexibility index (Phi) is 7.03. The van der Waals surface area contributed by atoms with Crippen molar-refractivity contribution < 1.29 is 13.2 Å². The molecule has 0 aliphatic rings. The van der Waals surface area contributed by atoms with Gasteiger partial charge in [-0.3, -0.25) is 0 Å². The van der Waals surface area contributed by atoms with Crippen LogP contribution in [0.3, 0.4) is 0 Å². The Balaban J connectivity index is 3.97. The average Bonchev–Trinajstić information content (AvgIpc) is 2.14. The highest BCUT2D eigenvalue weighted by atomic mass is 32.2. The molecule has 0 aliphatic heterocycles. The molecular weight excluding hydrogens is 218 g/mol. The molecule has 6 nitrogen and oxygen atoms in total. The fourth-order valence-electron chi connectivity index (χ4n) is 0.889. The topological polar surface area (TPSA) is 84.7 Å². The Morgan fingerprint density at radius 2 is 2.13 bits per heavy atom. The van der Waals surface area contributed by atoms with Crippen molar-refractivity contribution in [3.8, 4) is 0 Å². The van der Waals surface area contributed by atoms with Gasteiger partial charge in [-0.25, -0.2) is 0 Å². The predicted octanol–water partition coefficient (Wildman–Crippen LogP) is -0.864. The number of hydrogen-bond donors (Lipinski definition) is 2. The lowest BCUT2D eigenvalue weighted by Crippen LogP contribution is -2.41. The number of rotatable bonds is 8. The van der Waals surface area contributed by atoms with Crippen molar-refractivity contribution in [3.63, 3.8) is 0 Å². The Hall–Kier alpha value is -0.210. The SMILES string of the molecule is COCCNS(=O)(=O)N(C)CCC(C)N. The van der Waals surface area contributed by atoms with Crippen LogP contribution in [0.4, 0.5) is 0 Å². The summed E-state index contributed by atoms with van der Waals surface area (Å²) in [6, 6.07) is 0.00150. The van der Waals surface area contributed by atoms with Gasteiger partial charge in [0.05, 0.1) is 6.61 Å². The van der Waals surface area contributed by atoms with Gasteiger partial charge in [-0.15, -0.1) is 0 Å². The lowest BCUT2D eigenvalue weighted by atomic mass is 10.2. The van der Waals surface area contributed by atoms with E-state index in [4.69, 9.17) is 10.5 Å². The van der Waals surface area contributed by atoms with Crippen LogP contribution in [-0.2, 0) is 14.9 Å². The first-order chi connectivity index (χ1) is 6.90. The van der Waals surface area contributed by atoms with Crippen molar-refractivity contribution in [2.45, 2.75) is 19.4 Å². The molecule has 0 saturated carbocycles. The van der Waals surface area contributed by atoms with Crippen LogP contribution in [0.2, 0.25) is 0 Å². The minimum absolute atomic E-state index is 0.00150. The summed E-state index contributed by atoms with van der Waals surface area (Å²) in [6.45, 7) is 2.90. The van der Waals surface area contributed by atoms with Crippen molar-refractivity contribution >= 4 is 10.2 Å². The molecule has 0 aromatic rings. The molecule has 1 atom stereocenters. The van der Waals surface area contributed by atoms with Crippen molar-refractivity contribution in [1.29, 1.82) is 0 Å². The number of nitrogens with zero attached hydrogens (tertiary/aromatic N) is 1. The van der Waals surface area contributed by atoms with E-state index in [1.54, 1.807) is 0 Å². The molecule has 0 spiro atoms. The van der Waals surface area contributed by atoms with E-state index in [2.05, 4.69) is 4.72 Å². The van der Waals surface area contributed by atoms with E-state index in [0.717, 1.165) is 0 Å². The van der Waals surface area contributed by atoms with Gasteiger partial charge in [-0.05, 0) is 13.3 Å². The monoisotopic (exact) mass is 239 g/mol. The zero-order valence-corrected chi connectivity index (χ0v) is 10.4. The summed E-state index contributed by atoms with van der Waals surface area (Å²) >= 11 is 0. The van der Waals surface area contributed by atoms with E-state index < -0.39 is 10.2 Å². The minimum Gasteiger partial charge on any atom is -0.383 e. The molecule has 3 N–H and O–H groups in total. The van der Waals surface area contributed by atoms with Crippen LogP contribution in [0, 0.1) is 0 Å². The van der Waals surface area contributed by atoms with E-state index in [1.165, 1.54) is 18.5 Å². The van der Waals surface area contributed by atoms with Crippen molar-refractivity contribution in [2.24, 2.45) is 5.73 Å². The smallest absolute Gasteiger partial charge is 0.279 e. The maximum Gasteiger partial charge on any atom is 0.279 e. The standard InChI is InChI=1S/C8H21N3O3S/c1-8(9)4-6-11(2)15(12,13)10-5-7-14-3/h8,10H,4-7,9H2,1-3H3. The predicted molar refractivity (Wildman–Crippen MR) is 59.7 cm³/mol. The second-order valence-corrected chi connectivity index (χ2v) is 5.34. The Morgan fingerprint density at radius 3 is 2.60 bits per heavy atom. The molecule has 15 heavy (non-hydrogen) atoms. The molecule has 0 amide bonds.